The van der Waals surface area contributed by atoms with Gasteiger partial charge in [0.05, 0.1) is 12.7 Å². The lowest BCUT2D eigenvalue weighted by Gasteiger charge is -2.09. The molecule has 0 aliphatic carbocycles. The van der Waals surface area contributed by atoms with Crippen LogP contribution in [0, 0.1) is 11.3 Å². The Morgan fingerprint density at radius 2 is 2.26 bits per heavy atom. The Morgan fingerprint density at radius 3 is 2.95 bits per heavy atom. The first-order valence-electron chi connectivity index (χ1n) is 5.84. The summed E-state index contributed by atoms with van der Waals surface area (Å²) in [5.74, 6) is -0.446. The number of carboxylic acid groups (broad SMARTS) is 1. The number of aliphatic carboxylic acids is 1. The molecule has 4 nitrogen and oxygen atoms in total. The number of benzene rings is 1. The minimum absolute atomic E-state index is 0.483. The molecule has 100 valence electrons. The molecule has 0 unspecified atom stereocenters. The van der Waals surface area contributed by atoms with Crippen molar-refractivity contribution in [3.05, 3.63) is 34.9 Å². The van der Waals surface area contributed by atoms with Gasteiger partial charge in [0.2, 0.25) is 0 Å². The normalized spacial score (nSPS) is 10.3. The lowest BCUT2D eigenvalue weighted by Crippen LogP contribution is -1.99. The van der Waals surface area contributed by atoms with Crippen LogP contribution in [0.1, 0.15) is 24.8 Å². The number of halogens is 1. The molecule has 0 atom stereocenters. The average Bonchev–Trinajstić information content (AvgIpc) is 2.38. The lowest BCUT2D eigenvalue weighted by atomic mass is 10.2. The summed E-state index contributed by atoms with van der Waals surface area (Å²) in [4.78, 5) is 10.5. The summed E-state index contributed by atoms with van der Waals surface area (Å²) in [5.41, 5.74) is 0.621. The predicted octanol–water partition coefficient (Wildman–Crippen LogP) is 3.51. The van der Waals surface area contributed by atoms with E-state index in [4.69, 9.17) is 26.7 Å². The van der Waals surface area contributed by atoms with Gasteiger partial charge in [-0.25, -0.2) is 4.79 Å². The number of carbonyl (C=O) groups is 1. The van der Waals surface area contributed by atoms with E-state index in [-0.39, 0.29) is 0 Å². The van der Waals surface area contributed by atoms with Crippen molar-refractivity contribution in [1.82, 2.24) is 0 Å². The summed E-state index contributed by atoms with van der Waals surface area (Å²) in [7, 11) is 0. The third-order valence-corrected chi connectivity index (χ3v) is 2.55. The van der Waals surface area contributed by atoms with Gasteiger partial charge in [0.1, 0.15) is 5.75 Å². The van der Waals surface area contributed by atoms with Gasteiger partial charge in [0.15, 0.2) is 0 Å². The first kappa shape index (κ1) is 15.1. The molecule has 0 saturated heterocycles. The SMILES string of the molecule is N#CCCCCOc1ccc(Cl)cc1C=CC(=O)O. The number of unbranched alkanes of at least 4 members (excludes halogenated alkanes) is 2. The van der Waals surface area contributed by atoms with Gasteiger partial charge >= 0.3 is 5.97 Å². The summed E-state index contributed by atoms with van der Waals surface area (Å²) in [6.07, 6.45) is 4.55. The molecule has 0 aromatic heterocycles. The van der Waals surface area contributed by atoms with Gasteiger partial charge in [-0.05, 0) is 37.1 Å². The van der Waals surface area contributed by atoms with Crippen molar-refractivity contribution in [1.29, 1.82) is 5.26 Å². The first-order valence-corrected chi connectivity index (χ1v) is 6.21. The Kier molecular flexibility index (Phi) is 6.48. The zero-order valence-corrected chi connectivity index (χ0v) is 11.1. The van der Waals surface area contributed by atoms with Gasteiger partial charge in [-0.1, -0.05) is 11.6 Å². The van der Waals surface area contributed by atoms with E-state index in [1.165, 1.54) is 6.08 Å². The molecular formula is C14H14ClNO3. The molecule has 0 radical (unpaired) electrons. The molecule has 0 spiro atoms. The van der Waals surface area contributed by atoms with Gasteiger partial charge in [-0.15, -0.1) is 0 Å². The van der Waals surface area contributed by atoms with E-state index in [1.54, 1.807) is 18.2 Å². The van der Waals surface area contributed by atoms with Gasteiger partial charge in [-0.2, -0.15) is 5.26 Å². The number of rotatable bonds is 7. The molecule has 0 fully saturated rings. The van der Waals surface area contributed by atoms with Gasteiger partial charge in [0.25, 0.3) is 0 Å². The van der Waals surface area contributed by atoms with Crippen LogP contribution in [0.4, 0.5) is 0 Å². The summed E-state index contributed by atoms with van der Waals surface area (Å²) in [6, 6.07) is 7.10. The number of ether oxygens (including phenoxy) is 1. The smallest absolute Gasteiger partial charge is 0.328 e. The van der Waals surface area contributed by atoms with Crippen LogP contribution in [0.2, 0.25) is 5.02 Å². The van der Waals surface area contributed by atoms with E-state index < -0.39 is 5.97 Å². The Hall–Kier alpha value is -1.99. The minimum Gasteiger partial charge on any atom is -0.493 e. The monoisotopic (exact) mass is 279 g/mol. The highest BCUT2D eigenvalue weighted by Gasteiger charge is 2.03. The van der Waals surface area contributed by atoms with Crippen LogP contribution < -0.4 is 4.74 Å². The Labute approximate surface area is 116 Å². The van der Waals surface area contributed by atoms with Crippen molar-refractivity contribution in [3.63, 3.8) is 0 Å². The summed E-state index contributed by atoms with van der Waals surface area (Å²) < 4.78 is 5.56. The summed E-state index contributed by atoms with van der Waals surface area (Å²) in [5, 5.41) is 17.5. The molecule has 0 aliphatic heterocycles. The van der Waals surface area contributed by atoms with Crippen LogP contribution >= 0.6 is 11.6 Å². The minimum atomic E-state index is -1.03. The van der Waals surface area contributed by atoms with Crippen LogP contribution in [-0.2, 0) is 4.79 Å². The Bertz CT molecular complexity index is 506. The van der Waals surface area contributed by atoms with E-state index in [0.717, 1.165) is 18.9 Å². The standard InChI is InChI=1S/C14H14ClNO3/c15-12-5-6-13(19-9-3-1-2-8-16)11(10-12)4-7-14(17)18/h4-7,10H,1-3,9H2,(H,17,18). The molecule has 0 bridgehead atoms. The molecule has 1 aromatic rings. The van der Waals surface area contributed by atoms with E-state index in [0.29, 0.717) is 29.4 Å². The molecule has 1 aromatic carbocycles. The van der Waals surface area contributed by atoms with Crippen LogP contribution in [-0.4, -0.2) is 17.7 Å². The number of carboxylic acids is 1. The second-order valence-electron chi connectivity index (χ2n) is 3.82. The fourth-order valence-corrected chi connectivity index (χ4v) is 1.61. The topological polar surface area (TPSA) is 70.3 Å². The van der Waals surface area contributed by atoms with Gasteiger partial charge in [-0.3, -0.25) is 0 Å². The second kappa shape index (κ2) is 8.17. The molecule has 19 heavy (non-hydrogen) atoms. The molecule has 0 heterocycles. The van der Waals surface area contributed by atoms with Crippen LogP contribution in [0.25, 0.3) is 6.08 Å². The van der Waals surface area contributed by atoms with Crippen molar-refractivity contribution in [2.75, 3.05) is 6.61 Å². The Balaban J connectivity index is 2.66. The number of hydrogen-bond acceptors (Lipinski definition) is 3. The fraction of sp³-hybridized carbons (Fsp3) is 0.286. The molecular weight excluding hydrogens is 266 g/mol. The van der Waals surface area contributed by atoms with Crippen molar-refractivity contribution >= 4 is 23.6 Å². The van der Waals surface area contributed by atoms with Crippen LogP contribution in [0.15, 0.2) is 24.3 Å². The van der Waals surface area contributed by atoms with Crippen molar-refractivity contribution in [2.45, 2.75) is 19.3 Å². The maximum atomic E-state index is 10.5. The maximum Gasteiger partial charge on any atom is 0.328 e. The highest BCUT2D eigenvalue weighted by atomic mass is 35.5. The number of hydrogen-bond donors (Lipinski definition) is 1. The largest absolute Gasteiger partial charge is 0.493 e. The van der Waals surface area contributed by atoms with E-state index >= 15 is 0 Å². The fourth-order valence-electron chi connectivity index (χ4n) is 1.43. The highest BCUT2D eigenvalue weighted by Crippen LogP contribution is 2.24. The van der Waals surface area contributed by atoms with Gasteiger partial charge < -0.3 is 9.84 Å². The molecule has 0 saturated carbocycles. The average molecular weight is 280 g/mol. The molecule has 0 amide bonds. The van der Waals surface area contributed by atoms with Crippen molar-refractivity contribution in [3.8, 4) is 11.8 Å². The zero-order chi connectivity index (χ0) is 14.1. The van der Waals surface area contributed by atoms with E-state index in [9.17, 15) is 4.79 Å². The predicted molar refractivity (Wildman–Crippen MR) is 73.1 cm³/mol. The maximum absolute atomic E-state index is 10.5. The molecule has 1 rings (SSSR count). The lowest BCUT2D eigenvalue weighted by molar-refractivity contribution is -0.131. The van der Waals surface area contributed by atoms with Crippen molar-refractivity contribution < 1.29 is 14.6 Å². The molecule has 0 aliphatic rings. The zero-order valence-electron chi connectivity index (χ0n) is 10.3. The molecule has 1 N–H and O–H groups in total. The third-order valence-electron chi connectivity index (χ3n) is 2.32. The number of nitriles is 1. The van der Waals surface area contributed by atoms with Crippen LogP contribution in [0.3, 0.4) is 0 Å². The van der Waals surface area contributed by atoms with E-state index in [1.807, 2.05) is 0 Å². The second-order valence-corrected chi connectivity index (χ2v) is 4.25. The summed E-state index contributed by atoms with van der Waals surface area (Å²) >= 11 is 5.86. The van der Waals surface area contributed by atoms with Crippen LogP contribution in [0.5, 0.6) is 5.75 Å². The Morgan fingerprint density at radius 1 is 1.47 bits per heavy atom. The highest BCUT2D eigenvalue weighted by molar-refractivity contribution is 6.30. The quantitative estimate of drug-likeness (QED) is 0.612. The third kappa shape index (κ3) is 5.94. The van der Waals surface area contributed by atoms with Gasteiger partial charge in [0, 0.05) is 23.1 Å². The summed E-state index contributed by atoms with van der Waals surface area (Å²) in [6.45, 7) is 0.483. The van der Waals surface area contributed by atoms with E-state index in [2.05, 4.69) is 6.07 Å². The number of nitrogens with zero attached hydrogens (tertiary/aromatic N) is 1. The van der Waals surface area contributed by atoms with Crippen molar-refractivity contribution in [2.24, 2.45) is 0 Å². The first-order chi connectivity index (χ1) is 9.13. The molecule has 5 heteroatoms.